The van der Waals surface area contributed by atoms with E-state index in [0.29, 0.717) is 13.0 Å². The average molecular weight is 481 g/mol. The minimum atomic E-state index is -3.99. The summed E-state index contributed by atoms with van der Waals surface area (Å²) in [7, 11) is -6.06. The van der Waals surface area contributed by atoms with Crippen LogP contribution in [0.15, 0.2) is 62.8 Å². The van der Waals surface area contributed by atoms with Crippen LogP contribution in [0.4, 0.5) is 5.00 Å². The first-order valence-electron chi connectivity index (χ1n) is 9.60. The molecule has 1 N–H and O–H groups in total. The molecule has 0 fully saturated rings. The summed E-state index contributed by atoms with van der Waals surface area (Å²) in [6.45, 7) is 3.74. The second kappa shape index (κ2) is 9.37. The van der Waals surface area contributed by atoms with Crippen molar-refractivity contribution in [2.45, 2.75) is 34.5 Å². The fourth-order valence-electron chi connectivity index (χ4n) is 2.89. The molecule has 0 radical (unpaired) electrons. The van der Waals surface area contributed by atoms with Crippen LogP contribution in [0.1, 0.15) is 18.1 Å². The predicted molar refractivity (Wildman–Crippen MR) is 122 cm³/mol. The van der Waals surface area contributed by atoms with E-state index in [1.54, 1.807) is 19.2 Å². The van der Waals surface area contributed by atoms with Gasteiger partial charge in [0.15, 0.2) is 5.03 Å². The van der Waals surface area contributed by atoms with Crippen LogP contribution in [-0.2, 0) is 26.1 Å². The van der Waals surface area contributed by atoms with Gasteiger partial charge in [0.1, 0.15) is 10.8 Å². The van der Waals surface area contributed by atoms with Gasteiger partial charge in [0.05, 0.1) is 17.8 Å². The van der Waals surface area contributed by atoms with Crippen molar-refractivity contribution >= 4 is 36.0 Å². The number of hydrogen-bond donors (Lipinski definition) is 1. The van der Waals surface area contributed by atoms with Crippen molar-refractivity contribution in [1.29, 1.82) is 0 Å². The number of aromatic nitrogens is 1. The fourth-order valence-corrected chi connectivity index (χ4v) is 6.91. The number of nitrogens with one attached hydrogen (secondary N) is 1. The smallest absolute Gasteiger partial charge is 0.226 e. The minimum Gasteiger partial charge on any atom is -0.496 e. The SMILES string of the molecule is CCS(=O)(=O)c1nc(S(=O)(=O)c2ccc(C)cc2)c(NCCc2ccccc2OC)s1. The third-order valence-electron chi connectivity index (χ3n) is 4.68. The molecule has 0 unspecified atom stereocenters. The molecule has 2 aromatic carbocycles. The van der Waals surface area contributed by atoms with E-state index in [2.05, 4.69) is 10.3 Å². The van der Waals surface area contributed by atoms with Crippen LogP contribution in [-0.4, -0.2) is 41.2 Å². The number of nitrogens with zero attached hydrogens (tertiary/aromatic N) is 1. The Morgan fingerprint density at radius 1 is 1.03 bits per heavy atom. The Morgan fingerprint density at radius 2 is 1.71 bits per heavy atom. The van der Waals surface area contributed by atoms with E-state index < -0.39 is 19.7 Å². The van der Waals surface area contributed by atoms with E-state index in [-0.39, 0.29) is 25.0 Å². The molecule has 0 saturated carbocycles. The maximum absolute atomic E-state index is 13.2. The number of anilines is 1. The molecular weight excluding hydrogens is 456 g/mol. The molecule has 0 bridgehead atoms. The lowest BCUT2D eigenvalue weighted by Gasteiger charge is -2.10. The Kier molecular flexibility index (Phi) is 7.03. The van der Waals surface area contributed by atoms with Crippen LogP contribution in [0.2, 0.25) is 0 Å². The van der Waals surface area contributed by atoms with Crippen molar-refractivity contribution in [3.63, 3.8) is 0 Å². The number of rotatable bonds is 9. The van der Waals surface area contributed by atoms with Gasteiger partial charge in [-0.3, -0.25) is 0 Å². The third-order valence-corrected chi connectivity index (χ3v) is 9.71. The zero-order valence-electron chi connectivity index (χ0n) is 17.5. The average Bonchev–Trinajstić information content (AvgIpc) is 3.20. The Bertz CT molecular complexity index is 1260. The summed E-state index contributed by atoms with van der Waals surface area (Å²) >= 11 is 0.840. The van der Waals surface area contributed by atoms with Crippen LogP contribution in [0.3, 0.4) is 0 Å². The normalized spacial score (nSPS) is 12.0. The number of para-hydroxylation sites is 1. The Balaban J connectivity index is 1.96. The predicted octanol–water partition coefficient (Wildman–Crippen LogP) is 3.74. The van der Waals surface area contributed by atoms with Gasteiger partial charge in [-0.1, -0.05) is 54.2 Å². The molecule has 0 aliphatic carbocycles. The molecule has 0 aliphatic heterocycles. The van der Waals surface area contributed by atoms with E-state index >= 15 is 0 Å². The molecule has 1 heterocycles. The summed E-state index contributed by atoms with van der Waals surface area (Å²) in [5.74, 6) is 0.570. The Morgan fingerprint density at radius 3 is 2.35 bits per heavy atom. The molecule has 0 aliphatic rings. The number of thiazole rings is 1. The highest BCUT2D eigenvalue weighted by Gasteiger charge is 2.29. The number of aryl methyl sites for hydroxylation is 1. The molecule has 31 heavy (non-hydrogen) atoms. The van der Waals surface area contributed by atoms with Crippen molar-refractivity contribution in [3.05, 3.63) is 59.7 Å². The Labute approximate surface area is 187 Å². The number of methoxy groups -OCH3 is 1. The lowest BCUT2D eigenvalue weighted by atomic mass is 10.1. The van der Waals surface area contributed by atoms with Gasteiger partial charge in [-0.15, -0.1) is 0 Å². The van der Waals surface area contributed by atoms with E-state index in [1.807, 2.05) is 31.2 Å². The van der Waals surface area contributed by atoms with E-state index in [0.717, 1.165) is 28.2 Å². The van der Waals surface area contributed by atoms with Crippen LogP contribution in [0, 0.1) is 6.92 Å². The third kappa shape index (κ3) is 5.08. The molecule has 0 atom stereocenters. The van der Waals surface area contributed by atoms with Crippen molar-refractivity contribution in [2.24, 2.45) is 0 Å². The Hall–Kier alpha value is -2.43. The van der Waals surface area contributed by atoms with Gasteiger partial charge in [-0.25, -0.2) is 21.8 Å². The topological polar surface area (TPSA) is 102 Å². The zero-order valence-corrected chi connectivity index (χ0v) is 19.9. The summed E-state index contributed by atoms with van der Waals surface area (Å²) in [4.78, 5) is 4.10. The molecule has 7 nitrogen and oxygen atoms in total. The fraction of sp³-hybridized carbons (Fsp3) is 0.286. The summed E-state index contributed by atoms with van der Waals surface area (Å²) in [5.41, 5.74) is 1.87. The van der Waals surface area contributed by atoms with Crippen molar-refractivity contribution in [2.75, 3.05) is 24.7 Å². The zero-order chi connectivity index (χ0) is 22.6. The summed E-state index contributed by atoms with van der Waals surface area (Å²) in [6.07, 6.45) is 0.557. The van der Waals surface area contributed by atoms with Crippen molar-refractivity contribution < 1.29 is 21.6 Å². The summed E-state index contributed by atoms with van der Waals surface area (Å²) in [5, 5.41) is 3.01. The first kappa shape index (κ1) is 23.2. The standard InChI is InChI=1S/C21H24N2O5S3/c1-4-30(24,25)21-23-20(31(26,27)17-11-9-15(2)10-12-17)19(29-21)22-14-13-16-7-5-6-8-18(16)28-3/h5-12,22H,4,13-14H2,1-3H3. The molecule has 1 aromatic heterocycles. The van der Waals surface area contributed by atoms with Gasteiger partial charge in [-0.2, -0.15) is 0 Å². The molecule has 10 heteroatoms. The lowest BCUT2D eigenvalue weighted by molar-refractivity contribution is 0.410. The van der Waals surface area contributed by atoms with E-state index in [4.69, 9.17) is 4.74 Å². The molecule has 0 amide bonds. The molecule has 0 spiro atoms. The van der Waals surface area contributed by atoms with Gasteiger partial charge >= 0.3 is 0 Å². The van der Waals surface area contributed by atoms with Gasteiger partial charge < -0.3 is 10.1 Å². The van der Waals surface area contributed by atoms with Crippen LogP contribution < -0.4 is 10.1 Å². The lowest BCUT2D eigenvalue weighted by Crippen LogP contribution is -2.10. The van der Waals surface area contributed by atoms with Crippen molar-refractivity contribution in [3.8, 4) is 5.75 Å². The largest absolute Gasteiger partial charge is 0.496 e. The maximum atomic E-state index is 13.2. The van der Waals surface area contributed by atoms with Crippen LogP contribution in [0.25, 0.3) is 0 Å². The molecule has 0 saturated heterocycles. The van der Waals surface area contributed by atoms with Gasteiger partial charge in [0.25, 0.3) is 0 Å². The van der Waals surface area contributed by atoms with Gasteiger partial charge in [0, 0.05) is 6.54 Å². The quantitative estimate of drug-likeness (QED) is 0.498. The van der Waals surface area contributed by atoms with Crippen LogP contribution in [0.5, 0.6) is 5.75 Å². The minimum absolute atomic E-state index is 0.0663. The number of ether oxygens (including phenoxy) is 1. The highest BCUT2D eigenvalue weighted by atomic mass is 32.2. The highest BCUT2D eigenvalue weighted by Crippen LogP contribution is 2.35. The van der Waals surface area contributed by atoms with Crippen molar-refractivity contribution in [1.82, 2.24) is 4.98 Å². The maximum Gasteiger partial charge on any atom is 0.226 e. The monoisotopic (exact) mass is 480 g/mol. The van der Waals surface area contributed by atoms with Gasteiger partial charge in [-0.05, 0) is 37.1 Å². The molecule has 3 rings (SSSR count). The number of hydrogen-bond acceptors (Lipinski definition) is 8. The summed E-state index contributed by atoms with van der Waals surface area (Å²) in [6, 6.07) is 13.9. The van der Waals surface area contributed by atoms with Gasteiger partial charge in [0.2, 0.25) is 24.0 Å². The molecule has 3 aromatic rings. The number of benzene rings is 2. The number of sulfone groups is 2. The first-order chi connectivity index (χ1) is 14.7. The summed E-state index contributed by atoms with van der Waals surface area (Å²) < 4.78 is 56.3. The van der Waals surface area contributed by atoms with Crippen LogP contribution >= 0.6 is 11.3 Å². The highest BCUT2D eigenvalue weighted by molar-refractivity contribution is 7.94. The molecule has 166 valence electrons. The van der Waals surface area contributed by atoms with E-state index in [9.17, 15) is 16.8 Å². The van der Waals surface area contributed by atoms with E-state index in [1.165, 1.54) is 19.1 Å². The second-order valence-electron chi connectivity index (χ2n) is 6.82. The second-order valence-corrected chi connectivity index (χ2v) is 12.1. The molecular formula is C21H24N2O5S3. The first-order valence-corrected chi connectivity index (χ1v) is 13.6.